The lowest BCUT2D eigenvalue weighted by Gasteiger charge is -2.30. The van der Waals surface area contributed by atoms with Crippen molar-refractivity contribution in [3.63, 3.8) is 0 Å². The van der Waals surface area contributed by atoms with Gasteiger partial charge in [-0.05, 0) is 49.1 Å². The van der Waals surface area contributed by atoms with E-state index in [-0.39, 0.29) is 17.0 Å². The summed E-state index contributed by atoms with van der Waals surface area (Å²) in [5.74, 6) is -0.0837. The van der Waals surface area contributed by atoms with Crippen molar-refractivity contribution in [1.29, 1.82) is 0 Å². The van der Waals surface area contributed by atoms with Gasteiger partial charge < -0.3 is 5.32 Å². The number of anilines is 1. The summed E-state index contributed by atoms with van der Waals surface area (Å²) >= 11 is 0. The van der Waals surface area contributed by atoms with Gasteiger partial charge in [0.1, 0.15) is 6.54 Å². The fourth-order valence-corrected chi connectivity index (χ4v) is 5.40. The normalized spacial score (nSPS) is 17.5. The molecular formula is C22H24N4O4S. The van der Waals surface area contributed by atoms with Crippen LogP contribution in [0.2, 0.25) is 0 Å². The highest BCUT2D eigenvalue weighted by Crippen LogP contribution is 2.24. The minimum Gasteiger partial charge on any atom is -0.324 e. The van der Waals surface area contributed by atoms with E-state index < -0.39 is 15.9 Å². The summed E-state index contributed by atoms with van der Waals surface area (Å²) in [6.07, 6.45) is 3.44. The Bertz CT molecular complexity index is 1270. The lowest BCUT2D eigenvalue weighted by atomic mass is 10.0. The van der Waals surface area contributed by atoms with Gasteiger partial charge in [-0.3, -0.25) is 9.59 Å². The monoisotopic (exact) mass is 440 g/mol. The SMILES string of the molecule is C[C@H]1CCCN(S(=O)(=O)c2ccc(NC(=O)Cn3ncc4ccccc4c3=O)cc2)C1. The van der Waals surface area contributed by atoms with Crippen LogP contribution < -0.4 is 10.9 Å². The number of aromatic nitrogens is 2. The van der Waals surface area contributed by atoms with Gasteiger partial charge in [0.25, 0.3) is 5.56 Å². The zero-order chi connectivity index (χ0) is 22.0. The Morgan fingerprint density at radius 2 is 1.90 bits per heavy atom. The van der Waals surface area contributed by atoms with Gasteiger partial charge in [-0.15, -0.1) is 0 Å². The van der Waals surface area contributed by atoms with Crippen molar-refractivity contribution in [2.75, 3.05) is 18.4 Å². The third-order valence-electron chi connectivity index (χ3n) is 5.45. The fraction of sp³-hybridized carbons (Fsp3) is 0.318. The third kappa shape index (κ3) is 4.52. The van der Waals surface area contributed by atoms with Crippen LogP contribution >= 0.6 is 0 Å². The van der Waals surface area contributed by atoms with E-state index >= 15 is 0 Å². The summed E-state index contributed by atoms with van der Waals surface area (Å²) in [4.78, 5) is 25.1. The highest BCUT2D eigenvalue weighted by atomic mass is 32.2. The average Bonchev–Trinajstić information content (AvgIpc) is 2.76. The largest absolute Gasteiger partial charge is 0.324 e. The lowest BCUT2D eigenvalue weighted by molar-refractivity contribution is -0.117. The minimum absolute atomic E-state index is 0.201. The van der Waals surface area contributed by atoms with Gasteiger partial charge in [0, 0.05) is 24.2 Å². The fourth-order valence-electron chi connectivity index (χ4n) is 3.80. The van der Waals surface area contributed by atoms with E-state index in [1.165, 1.54) is 16.4 Å². The number of rotatable bonds is 5. The van der Waals surface area contributed by atoms with E-state index in [1.807, 2.05) is 6.07 Å². The molecule has 1 N–H and O–H groups in total. The summed E-state index contributed by atoms with van der Waals surface area (Å²) in [5, 5.41) is 7.94. The number of nitrogens with zero attached hydrogens (tertiary/aromatic N) is 3. The van der Waals surface area contributed by atoms with E-state index in [2.05, 4.69) is 17.3 Å². The van der Waals surface area contributed by atoms with Crippen molar-refractivity contribution < 1.29 is 13.2 Å². The maximum absolute atomic E-state index is 12.8. The number of benzene rings is 2. The molecule has 8 nitrogen and oxygen atoms in total. The van der Waals surface area contributed by atoms with E-state index in [0.717, 1.165) is 17.5 Å². The number of nitrogens with one attached hydrogen (secondary N) is 1. The molecule has 1 fully saturated rings. The van der Waals surface area contributed by atoms with Crippen molar-refractivity contribution in [2.45, 2.75) is 31.2 Å². The van der Waals surface area contributed by atoms with Crippen molar-refractivity contribution in [1.82, 2.24) is 14.1 Å². The third-order valence-corrected chi connectivity index (χ3v) is 7.33. The highest BCUT2D eigenvalue weighted by molar-refractivity contribution is 7.89. The molecule has 0 unspecified atom stereocenters. The van der Waals surface area contributed by atoms with Gasteiger partial charge in [-0.1, -0.05) is 25.1 Å². The molecule has 0 aliphatic carbocycles. The summed E-state index contributed by atoms with van der Waals surface area (Å²) in [6.45, 7) is 2.86. The highest BCUT2D eigenvalue weighted by Gasteiger charge is 2.28. The van der Waals surface area contributed by atoms with Gasteiger partial charge in [0.05, 0.1) is 16.5 Å². The summed E-state index contributed by atoms with van der Waals surface area (Å²) in [6, 6.07) is 13.1. The van der Waals surface area contributed by atoms with Crippen molar-refractivity contribution in [3.05, 3.63) is 65.1 Å². The molecule has 4 rings (SSSR count). The number of carbonyl (C=O) groups is 1. The maximum atomic E-state index is 12.8. The molecule has 1 atom stereocenters. The molecule has 1 aliphatic rings. The summed E-state index contributed by atoms with van der Waals surface area (Å²) in [5.41, 5.74) is 0.107. The second-order valence-electron chi connectivity index (χ2n) is 7.88. The Hall–Kier alpha value is -3.04. The Labute approximate surface area is 180 Å². The first kappa shape index (κ1) is 21.2. The number of carbonyl (C=O) groups excluding carboxylic acids is 1. The van der Waals surface area contributed by atoms with Gasteiger partial charge in [-0.25, -0.2) is 13.1 Å². The number of hydrogen-bond donors (Lipinski definition) is 1. The van der Waals surface area contributed by atoms with Crippen LogP contribution in [0, 0.1) is 5.92 Å². The topological polar surface area (TPSA) is 101 Å². The number of piperidine rings is 1. The predicted molar refractivity (Wildman–Crippen MR) is 118 cm³/mol. The van der Waals surface area contributed by atoms with Crippen LogP contribution in [-0.2, 0) is 21.4 Å². The zero-order valence-corrected chi connectivity index (χ0v) is 18.0. The lowest BCUT2D eigenvalue weighted by Crippen LogP contribution is -2.39. The van der Waals surface area contributed by atoms with Crippen molar-refractivity contribution in [2.24, 2.45) is 5.92 Å². The van der Waals surface area contributed by atoms with Crippen LogP contribution in [0.5, 0.6) is 0 Å². The molecule has 0 spiro atoms. The second-order valence-corrected chi connectivity index (χ2v) is 9.82. The molecule has 1 saturated heterocycles. The number of sulfonamides is 1. The van der Waals surface area contributed by atoms with Gasteiger partial charge in [-0.2, -0.15) is 9.40 Å². The van der Waals surface area contributed by atoms with Crippen LogP contribution in [-0.4, -0.2) is 41.5 Å². The van der Waals surface area contributed by atoms with E-state index in [1.54, 1.807) is 36.5 Å². The maximum Gasteiger partial charge on any atom is 0.275 e. The first-order valence-electron chi connectivity index (χ1n) is 10.2. The molecule has 2 aromatic carbocycles. The zero-order valence-electron chi connectivity index (χ0n) is 17.2. The minimum atomic E-state index is -3.55. The van der Waals surface area contributed by atoms with Crippen LogP contribution in [0.1, 0.15) is 19.8 Å². The quantitative estimate of drug-likeness (QED) is 0.657. The van der Waals surface area contributed by atoms with Crippen molar-refractivity contribution >= 4 is 32.4 Å². The number of amides is 1. The van der Waals surface area contributed by atoms with Crippen molar-refractivity contribution in [3.8, 4) is 0 Å². The Kier molecular flexibility index (Phi) is 5.88. The molecule has 9 heteroatoms. The molecule has 1 aromatic heterocycles. The number of fused-ring (bicyclic) bond motifs is 1. The Morgan fingerprint density at radius 3 is 2.65 bits per heavy atom. The van der Waals surface area contributed by atoms with Gasteiger partial charge in [0.15, 0.2) is 0 Å². The van der Waals surface area contributed by atoms with Crippen LogP contribution in [0.25, 0.3) is 10.8 Å². The predicted octanol–water partition coefficient (Wildman–Crippen LogP) is 2.46. The van der Waals surface area contributed by atoms with Crippen LogP contribution in [0.15, 0.2) is 64.4 Å². The Balaban J connectivity index is 1.45. The smallest absolute Gasteiger partial charge is 0.275 e. The van der Waals surface area contributed by atoms with E-state index in [9.17, 15) is 18.0 Å². The van der Waals surface area contributed by atoms with Gasteiger partial charge >= 0.3 is 0 Å². The second kappa shape index (κ2) is 8.60. The molecule has 1 amide bonds. The standard InChI is InChI=1S/C22H24N4O4S/c1-16-5-4-12-25(14-16)31(29,30)19-10-8-18(9-11-19)24-21(27)15-26-22(28)20-7-3-2-6-17(20)13-23-26/h2-3,6-11,13,16H,4-5,12,14-15H2,1H3,(H,24,27)/t16-/m0/s1. The molecule has 0 radical (unpaired) electrons. The molecule has 1 aliphatic heterocycles. The first-order valence-corrected chi connectivity index (χ1v) is 11.6. The molecule has 0 bridgehead atoms. The average molecular weight is 441 g/mol. The van der Waals surface area contributed by atoms with E-state index in [4.69, 9.17) is 0 Å². The summed E-state index contributed by atoms with van der Waals surface area (Å²) < 4.78 is 28.3. The molecule has 31 heavy (non-hydrogen) atoms. The Morgan fingerprint density at radius 1 is 1.16 bits per heavy atom. The first-order chi connectivity index (χ1) is 14.8. The molecule has 2 heterocycles. The molecular weight excluding hydrogens is 416 g/mol. The number of hydrogen-bond acceptors (Lipinski definition) is 5. The summed E-state index contributed by atoms with van der Waals surface area (Å²) in [7, 11) is -3.55. The van der Waals surface area contributed by atoms with Gasteiger partial charge in [0.2, 0.25) is 15.9 Å². The van der Waals surface area contributed by atoms with Crippen LogP contribution in [0.3, 0.4) is 0 Å². The van der Waals surface area contributed by atoms with E-state index in [0.29, 0.717) is 35.5 Å². The molecule has 0 saturated carbocycles. The molecule has 3 aromatic rings. The molecule has 162 valence electrons. The van der Waals surface area contributed by atoms with Crippen LogP contribution in [0.4, 0.5) is 5.69 Å².